The molecule has 0 aliphatic rings. The zero-order valence-corrected chi connectivity index (χ0v) is 16.7. The fourth-order valence-corrected chi connectivity index (χ4v) is 1.95. The molecule has 136 valence electrons. The standard InChI is InChI=1S/C16H26N4O3.HI/c1-12(10-22-3)20-16(18-2)19-9-8-13-4-6-14(7-5-13)23-11-15(17)21;/h4-7,12H,8-11H2,1-3H3,(H2,17,21)(H2,18,19,20);1H. The third kappa shape index (κ3) is 9.56. The maximum Gasteiger partial charge on any atom is 0.255 e. The lowest BCUT2D eigenvalue weighted by Crippen LogP contribution is -2.44. The van der Waals surface area contributed by atoms with Gasteiger partial charge in [-0.3, -0.25) is 9.79 Å². The molecule has 7 nitrogen and oxygen atoms in total. The van der Waals surface area contributed by atoms with Crippen molar-refractivity contribution in [2.24, 2.45) is 10.7 Å². The summed E-state index contributed by atoms with van der Waals surface area (Å²) in [5.41, 5.74) is 6.19. The van der Waals surface area contributed by atoms with Crippen LogP contribution < -0.4 is 21.1 Å². The lowest BCUT2D eigenvalue weighted by molar-refractivity contribution is -0.119. The highest BCUT2D eigenvalue weighted by Crippen LogP contribution is 2.12. The Morgan fingerprint density at radius 3 is 2.54 bits per heavy atom. The Kier molecular flexibility index (Phi) is 12.0. The average Bonchev–Trinajstić information content (AvgIpc) is 2.53. The number of carbonyl (C=O) groups excluding carboxylic acids is 1. The topological polar surface area (TPSA) is 98.0 Å². The molecular weight excluding hydrogens is 423 g/mol. The Hall–Kier alpha value is -1.55. The number of ether oxygens (including phenoxy) is 2. The third-order valence-electron chi connectivity index (χ3n) is 3.03. The largest absolute Gasteiger partial charge is 0.484 e. The van der Waals surface area contributed by atoms with Crippen molar-refractivity contribution in [3.05, 3.63) is 29.8 Å². The summed E-state index contributed by atoms with van der Waals surface area (Å²) in [6.07, 6.45) is 0.843. The minimum absolute atomic E-state index is 0. The first-order valence-electron chi connectivity index (χ1n) is 7.51. The first kappa shape index (κ1) is 22.4. The Balaban J connectivity index is 0.00000529. The number of carbonyl (C=O) groups is 1. The summed E-state index contributed by atoms with van der Waals surface area (Å²) >= 11 is 0. The minimum Gasteiger partial charge on any atom is -0.484 e. The van der Waals surface area contributed by atoms with Crippen molar-refractivity contribution in [2.75, 3.05) is 33.9 Å². The Labute approximate surface area is 160 Å². The molecule has 0 spiro atoms. The highest BCUT2D eigenvalue weighted by Gasteiger charge is 2.04. The van der Waals surface area contributed by atoms with E-state index < -0.39 is 5.91 Å². The van der Waals surface area contributed by atoms with Gasteiger partial charge in [0, 0.05) is 26.7 Å². The van der Waals surface area contributed by atoms with Gasteiger partial charge in [0.2, 0.25) is 0 Å². The highest BCUT2D eigenvalue weighted by atomic mass is 127. The number of nitrogens with two attached hydrogens (primary N) is 1. The van der Waals surface area contributed by atoms with Gasteiger partial charge in [-0.15, -0.1) is 24.0 Å². The second-order valence-corrected chi connectivity index (χ2v) is 5.15. The van der Waals surface area contributed by atoms with Crippen LogP contribution in [-0.2, 0) is 16.0 Å². The normalized spacial score (nSPS) is 12.0. The van der Waals surface area contributed by atoms with E-state index in [9.17, 15) is 4.79 Å². The van der Waals surface area contributed by atoms with Crippen molar-refractivity contribution in [3.63, 3.8) is 0 Å². The van der Waals surface area contributed by atoms with Crippen LogP contribution in [0, 0.1) is 0 Å². The number of guanidine groups is 1. The van der Waals surface area contributed by atoms with Crippen LogP contribution in [0.25, 0.3) is 0 Å². The first-order valence-corrected chi connectivity index (χ1v) is 7.51. The van der Waals surface area contributed by atoms with E-state index in [4.69, 9.17) is 15.2 Å². The zero-order valence-electron chi connectivity index (χ0n) is 14.4. The van der Waals surface area contributed by atoms with Crippen molar-refractivity contribution >= 4 is 35.8 Å². The van der Waals surface area contributed by atoms with E-state index in [2.05, 4.69) is 15.6 Å². The monoisotopic (exact) mass is 450 g/mol. The summed E-state index contributed by atoms with van der Waals surface area (Å²) in [5, 5.41) is 6.49. The average molecular weight is 450 g/mol. The van der Waals surface area contributed by atoms with Crippen LogP contribution in [0.15, 0.2) is 29.3 Å². The van der Waals surface area contributed by atoms with E-state index in [1.807, 2.05) is 31.2 Å². The van der Waals surface area contributed by atoms with Gasteiger partial charge in [0.1, 0.15) is 5.75 Å². The molecule has 0 saturated carbocycles. The van der Waals surface area contributed by atoms with Gasteiger partial charge in [-0.2, -0.15) is 0 Å². The fraction of sp³-hybridized carbons (Fsp3) is 0.500. The number of hydrogen-bond donors (Lipinski definition) is 3. The van der Waals surface area contributed by atoms with Crippen LogP contribution in [0.4, 0.5) is 0 Å². The Morgan fingerprint density at radius 2 is 2.00 bits per heavy atom. The molecule has 1 unspecified atom stereocenters. The SMILES string of the molecule is CN=C(NCCc1ccc(OCC(N)=O)cc1)NC(C)COC.I. The molecule has 0 aliphatic heterocycles. The quantitative estimate of drug-likeness (QED) is 0.295. The number of hydrogen-bond acceptors (Lipinski definition) is 4. The van der Waals surface area contributed by atoms with E-state index in [1.165, 1.54) is 0 Å². The molecule has 0 radical (unpaired) electrons. The molecule has 0 heterocycles. The van der Waals surface area contributed by atoms with E-state index in [0.29, 0.717) is 12.4 Å². The molecular formula is C16H27IN4O3. The molecule has 1 amide bonds. The summed E-state index contributed by atoms with van der Waals surface area (Å²) in [6, 6.07) is 7.76. The second kappa shape index (κ2) is 12.8. The van der Waals surface area contributed by atoms with Crippen LogP contribution in [0.5, 0.6) is 5.75 Å². The van der Waals surface area contributed by atoms with E-state index in [1.54, 1.807) is 14.2 Å². The summed E-state index contributed by atoms with van der Waals surface area (Å²) in [5.74, 6) is 0.891. The minimum atomic E-state index is -0.486. The van der Waals surface area contributed by atoms with Gasteiger partial charge in [-0.25, -0.2) is 0 Å². The van der Waals surface area contributed by atoms with Gasteiger partial charge < -0.3 is 25.8 Å². The number of primary amides is 1. The van der Waals surface area contributed by atoms with Crippen molar-refractivity contribution < 1.29 is 14.3 Å². The number of benzene rings is 1. The number of amides is 1. The molecule has 1 aromatic rings. The van der Waals surface area contributed by atoms with Gasteiger partial charge in [-0.1, -0.05) is 12.1 Å². The van der Waals surface area contributed by atoms with Gasteiger partial charge in [0.05, 0.1) is 6.61 Å². The summed E-state index contributed by atoms with van der Waals surface area (Å²) in [4.78, 5) is 14.8. The van der Waals surface area contributed by atoms with E-state index >= 15 is 0 Å². The van der Waals surface area contributed by atoms with Crippen LogP contribution >= 0.6 is 24.0 Å². The predicted octanol–water partition coefficient (Wildman–Crippen LogP) is 0.911. The number of halogens is 1. The van der Waals surface area contributed by atoms with E-state index in [-0.39, 0.29) is 36.6 Å². The van der Waals surface area contributed by atoms with Gasteiger partial charge in [-0.05, 0) is 31.0 Å². The van der Waals surface area contributed by atoms with Crippen molar-refractivity contribution in [1.29, 1.82) is 0 Å². The molecule has 1 rings (SSSR count). The fourth-order valence-electron chi connectivity index (χ4n) is 1.95. The molecule has 0 bridgehead atoms. The lowest BCUT2D eigenvalue weighted by atomic mass is 10.1. The molecule has 24 heavy (non-hydrogen) atoms. The Morgan fingerprint density at radius 1 is 1.33 bits per heavy atom. The van der Waals surface area contributed by atoms with Gasteiger partial charge in [0.15, 0.2) is 12.6 Å². The summed E-state index contributed by atoms with van der Waals surface area (Å²) in [6.45, 7) is 3.29. The molecule has 0 aliphatic carbocycles. The third-order valence-corrected chi connectivity index (χ3v) is 3.03. The second-order valence-electron chi connectivity index (χ2n) is 5.15. The van der Waals surface area contributed by atoms with Crippen LogP contribution in [0.3, 0.4) is 0 Å². The molecule has 0 saturated heterocycles. The van der Waals surface area contributed by atoms with Crippen molar-refractivity contribution in [1.82, 2.24) is 10.6 Å². The van der Waals surface area contributed by atoms with E-state index in [0.717, 1.165) is 24.5 Å². The molecule has 4 N–H and O–H groups in total. The predicted molar refractivity (Wildman–Crippen MR) is 106 cm³/mol. The zero-order chi connectivity index (χ0) is 17.1. The maximum absolute atomic E-state index is 10.7. The molecule has 8 heteroatoms. The maximum atomic E-state index is 10.7. The first-order chi connectivity index (χ1) is 11.0. The molecule has 0 fully saturated rings. The van der Waals surface area contributed by atoms with Crippen molar-refractivity contribution in [3.8, 4) is 5.75 Å². The number of rotatable bonds is 9. The smallest absolute Gasteiger partial charge is 0.255 e. The lowest BCUT2D eigenvalue weighted by Gasteiger charge is -2.17. The van der Waals surface area contributed by atoms with Crippen molar-refractivity contribution in [2.45, 2.75) is 19.4 Å². The van der Waals surface area contributed by atoms with Gasteiger partial charge >= 0.3 is 0 Å². The summed E-state index contributed by atoms with van der Waals surface area (Å²) in [7, 11) is 3.41. The van der Waals surface area contributed by atoms with Crippen LogP contribution in [-0.4, -0.2) is 51.8 Å². The summed E-state index contributed by atoms with van der Waals surface area (Å²) < 4.78 is 10.3. The number of nitrogens with zero attached hydrogens (tertiary/aromatic N) is 1. The highest BCUT2D eigenvalue weighted by molar-refractivity contribution is 14.0. The van der Waals surface area contributed by atoms with Crippen LogP contribution in [0.2, 0.25) is 0 Å². The molecule has 1 atom stereocenters. The van der Waals surface area contributed by atoms with Gasteiger partial charge in [0.25, 0.3) is 5.91 Å². The number of nitrogens with one attached hydrogen (secondary N) is 2. The Bertz CT molecular complexity index is 509. The molecule has 1 aromatic carbocycles. The molecule has 0 aromatic heterocycles. The van der Waals surface area contributed by atoms with Crippen LogP contribution in [0.1, 0.15) is 12.5 Å². The number of aliphatic imine (C=N–C) groups is 1. The number of methoxy groups -OCH3 is 1.